The summed E-state index contributed by atoms with van der Waals surface area (Å²) in [7, 11) is 0. The molecule has 1 aliphatic rings. The van der Waals surface area contributed by atoms with Crippen LogP contribution in [0, 0.1) is 0 Å². The van der Waals surface area contributed by atoms with Gasteiger partial charge in [0.1, 0.15) is 0 Å². The molecule has 1 aromatic carbocycles. The van der Waals surface area contributed by atoms with Crippen LogP contribution in [0.4, 0.5) is 0 Å². The van der Waals surface area contributed by atoms with Crippen molar-refractivity contribution in [3.8, 4) is 0 Å². The average Bonchev–Trinajstić information content (AvgIpc) is 2.57. The van der Waals surface area contributed by atoms with E-state index in [0.29, 0.717) is 6.67 Å². The van der Waals surface area contributed by atoms with Gasteiger partial charge in [0.05, 0.1) is 13.3 Å². The molecule has 1 aliphatic heterocycles. The van der Waals surface area contributed by atoms with E-state index in [4.69, 9.17) is 0 Å². The maximum absolute atomic E-state index is 4.53. The van der Waals surface area contributed by atoms with Gasteiger partial charge in [0, 0.05) is 30.0 Å². The fourth-order valence-electron chi connectivity index (χ4n) is 2.23. The number of guanidine groups is 1. The van der Waals surface area contributed by atoms with Gasteiger partial charge in [-0.1, -0.05) is 34.1 Å². The Labute approximate surface area is 138 Å². The normalized spacial score (nSPS) is 15.0. The van der Waals surface area contributed by atoms with Crippen LogP contribution in [0.15, 0.2) is 58.3 Å². The summed E-state index contributed by atoms with van der Waals surface area (Å²) in [6, 6.07) is 12.3. The van der Waals surface area contributed by atoms with Gasteiger partial charge in [0.25, 0.3) is 0 Å². The van der Waals surface area contributed by atoms with E-state index >= 15 is 0 Å². The lowest BCUT2D eigenvalue weighted by molar-refractivity contribution is 0.254. The number of benzene rings is 1. The molecule has 0 radical (unpaired) electrons. The molecule has 0 saturated heterocycles. The van der Waals surface area contributed by atoms with Crippen LogP contribution in [0.2, 0.25) is 0 Å². The number of aliphatic imine (C=N–C) groups is 1. The fraction of sp³-hybridized carbons (Fsp3) is 0.250. The SMILES string of the molecule is Brc1ccc(CNC2=NCN(Cc3cccnc3)CN2)cc1. The van der Waals surface area contributed by atoms with Crippen LogP contribution in [0.5, 0.6) is 0 Å². The van der Waals surface area contributed by atoms with Crippen molar-refractivity contribution in [1.82, 2.24) is 20.5 Å². The molecule has 5 nitrogen and oxygen atoms in total. The van der Waals surface area contributed by atoms with Crippen molar-refractivity contribution in [2.24, 2.45) is 4.99 Å². The van der Waals surface area contributed by atoms with Gasteiger partial charge in [-0.05, 0) is 29.3 Å². The third-order valence-corrected chi connectivity index (χ3v) is 3.93. The molecule has 3 rings (SSSR count). The number of rotatable bonds is 4. The first kappa shape index (κ1) is 15.0. The lowest BCUT2D eigenvalue weighted by atomic mass is 10.2. The van der Waals surface area contributed by atoms with Crippen LogP contribution in [-0.2, 0) is 13.1 Å². The standard InChI is InChI=1S/C16H18BrN5/c17-15-5-3-13(4-6-15)9-19-16-20-11-22(12-21-16)10-14-2-1-7-18-8-14/h1-8H,9-12H2,(H2,19,20,21). The number of nitrogens with zero attached hydrogens (tertiary/aromatic N) is 3. The smallest absolute Gasteiger partial charge is 0.193 e. The Morgan fingerprint density at radius 1 is 1.18 bits per heavy atom. The van der Waals surface area contributed by atoms with Gasteiger partial charge in [0.15, 0.2) is 5.96 Å². The van der Waals surface area contributed by atoms with Gasteiger partial charge < -0.3 is 10.6 Å². The van der Waals surface area contributed by atoms with Crippen molar-refractivity contribution >= 4 is 21.9 Å². The quantitative estimate of drug-likeness (QED) is 0.879. The van der Waals surface area contributed by atoms with E-state index < -0.39 is 0 Å². The second-order valence-corrected chi connectivity index (χ2v) is 6.07. The van der Waals surface area contributed by atoms with Crippen LogP contribution >= 0.6 is 15.9 Å². The molecular formula is C16H18BrN5. The van der Waals surface area contributed by atoms with Crippen LogP contribution in [0.3, 0.4) is 0 Å². The molecular weight excluding hydrogens is 342 g/mol. The molecule has 2 aromatic rings. The molecule has 114 valence electrons. The summed E-state index contributed by atoms with van der Waals surface area (Å²) in [5.41, 5.74) is 2.43. The predicted octanol–water partition coefficient (Wildman–Crippen LogP) is 2.31. The molecule has 0 saturated carbocycles. The van der Waals surface area contributed by atoms with Crippen LogP contribution in [-0.4, -0.2) is 29.2 Å². The Kier molecular flexibility index (Phi) is 5.03. The zero-order chi connectivity index (χ0) is 15.2. The Hall–Kier alpha value is -1.92. The van der Waals surface area contributed by atoms with Crippen LogP contribution in [0.1, 0.15) is 11.1 Å². The maximum Gasteiger partial charge on any atom is 0.193 e. The lowest BCUT2D eigenvalue weighted by Gasteiger charge is -2.27. The Morgan fingerprint density at radius 3 is 2.73 bits per heavy atom. The molecule has 1 aromatic heterocycles. The van der Waals surface area contributed by atoms with E-state index in [2.05, 4.69) is 59.6 Å². The summed E-state index contributed by atoms with van der Waals surface area (Å²) in [5.74, 6) is 0.852. The van der Waals surface area contributed by atoms with Crippen molar-refractivity contribution in [2.75, 3.05) is 13.3 Å². The highest BCUT2D eigenvalue weighted by molar-refractivity contribution is 9.10. The molecule has 0 spiro atoms. The molecule has 0 amide bonds. The Morgan fingerprint density at radius 2 is 2.05 bits per heavy atom. The van der Waals surface area contributed by atoms with Crippen LogP contribution in [0.25, 0.3) is 0 Å². The first-order chi connectivity index (χ1) is 10.8. The van der Waals surface area contributed by atoms with Gasteiger partial charge in [-0.25, -0.2) is 4.99 Å². The van der Waals surface area contributed by atoms with Crippen molar-refractivity contribution in [3.63, 3.8) is 0 Å². The molecule has 2 heterocycles. The summed E-state index contributed by atoms with van der Waals surface area (Å²) >= 11 is 3.44. The Balaban J connectivity index is 1.48. The van der Waals surface area contributed by atoms with Crippen LogP contribution < -0.4 is 10.6 Å². The minimum atomic E-state index is 0.685. The van der Waals surface area contributed by atoms with Crippen molar-refractivity contribution in [2.45, 2.75) is 13.1 Å². The summed E-state index contributed by atoms with van der Waals surface area (Å²) in [6.45, 7) is 3.08. The van der Waals surface area contributed by atoms with E-state index in [0.717, 1.165) is 30.2 Å². The van der Waals surface area contributed by atoms with Gasteiger partial charge in [0.2, 0.25) is 0 Å². The third-order valence-electron chi connectivity index (χ3n) is 3.40. The molecule has 0 atom stereocenters. The lowest BCUT2D eigenvalue weighted by Crippen LogP contribution is -2.48. The topological polar surface area (TPSA) is 52.6 Å². The van der Waals surface area contributed by atoms with Gasteiger partial charge in [-0.3, -0.25) is 9.88 Å². The zero-order valence-electron chi connectivity index (χ0n) is 12.2. The highest BCUT2D eigenvalue weighted by Gasteiger charge is 2.12. The number of aromatic nitrogens is 1. The predicted molar refractivity (Wildman–Crippen MR) is 91.1 cm³/mol. The zero-order valence-corrected chi connectivity index (χ0v) is 13.8. The molecule has 6 heteroatoms. The number of nitrogens with one attached hydrogen (secondary N) is 2. The first-order valence-corrected chi connectivity index (χ1v) is 7.97. The molecule has 0 unspecified atom stereocenters. The summed E-state index contributed by atoms with van der Waals surface area (Å²) < 4.78 is 1.09. The minimum absolute atomic E-state index is 0.685. The largest absolute Gasteiger partial charge is 0.352 e. The summed E-state index contributed by atoms with van der Waals surface area (Å²) in [6.07, 6.45) is 3.69. The monoisotopic (exact) mass is 359 g/mol. The molecule has 22 heavy (non-hydrogen) atoms. The van der Waals surface area contributed by atoms with Gasteiger partial charge in [-0.15, -0.1) is 0 Å². The number of hydrogen-bond donors (Lipinski definition) is 2. The second-order valence-electron chi connectivity index (χ2n) is 5.15. The first-order valence-electron chi connectivity index (χ1n) is 7.17. The minimum Gasteiger partial charge on any atom is -0.352 e. The van der Waals surface area contributed by atoms with Crippen molar-refractivity contribution in [3.05, 3.63) is 64.4 Å². The van der Waals surface area contributed by atoms with E-state index in [1.807, 2.05) is 24.4 Å². The van der Waals surface area contributed by atoms with Crippen molar-refractivity contribution in [1.29, 1.82) is 0 Å². The van der Waals surface area contributed by atoms with Crippen molar-refractivity contribution < 1.29 is 0 Å². The number of hydrogen-bond acceptors (Lipinski definition) is 5. The van der Waals surface area contributed by atoms with E-state index in [1.165, 1.54) is 11.1 Å². The average molecular weight is 360 g/mol. The molecule has 2 N–H and O–H groups in total. The molecule has 0 aliphatic carbocycles. The molecule has 0 fully saturated rings. The van der Waals surface area contributed by atoms with E-state index in [1.54, 1.807) is 6.20 Å². The molecule has 0 bridgehead atoms. The Bertz CT molecular complexity index is 627. The second kappa shape index (κ2) is 7.38. The highest BCUT2D eigenvalue weighted by Crippen LogP contribution is 2.10. The number of pyridine rings is 1. The van der Waals surface area contributed by atoms with E-state index in [-0.39, 0.29) is 0 Å². The summed E-state index contributed by atoms with van der Waals surface area (Å²) in [5, 5.41) is 6.63. The van der Waals surface area contributed by atoms with Gasteiger partial charge in [-0.2, -0.15) is 0 Å². The fourth-order valence-corrected chi connectivity index (χ4v) is 2.49. The summed E-state index contributed by atoms with van der Waals surface area (Å²) in [4.78, 5) is 10.9. The highest BCUT2D eigenvalue weighted by atomic mass is 79.9. The van der Waals surface area contributed by atoms with Gasteiger partial charge >= 0.3 is 0 Å². The maximum atomic E-state index is 4.53. The number of halogens is 1. The third kappa shape index (κ3) is 4.29. The van der Waals surface area contributed by atoms with E-state index in [9.17, 15) is 0 Å².